The van der Waals surface area contributed by atoms with Crippen molar-refractivity contribution in [3.8, 4) is 0 Å². The summed E-state index contributed by atoms with van der Waals surface area (Å²) < 4.78 is 10.5. The van der Waals surface area contributed by atoms with Crippen LogP contribution >= 0.6 is 11.8 Å². The highest BCUT2D eigenvalue weighted by atomic mass is 32.2. The first-order valence-electron chi connectivity index (χ1n) is 6.54. The Hall–Kier alpha value is -2.21. The van der Waals surface area contributed by atoms with Crippen LogP contribution < -0.4 is 5.32 Å². The van der Waals surface area contributed by atoms with Crippen LogP contribution in [0.4, 0.5) is 5.82 Å². The Balaban J connectivity index is 1.89. The summed E-state index contributed by atoms with van der Waals surface area (Å²) in [4.78, 5) is 13.2. The average Bonchev–Trinajstić information content (AvgIpc) is 2.93. The molecule has 0 fully saturated rings. The molecule has 6 heteroatoms. The van der Waals surface area contributed by atoms with E-state index in [9.17, 15) is 4.79 Å². The van der Waals surface area contributed by atoms with Crippen molar-refractivity contribution in [3.63, 3.8) is 0 Å². The van der Waals surface area contributed by atoms with E-state index in [1.54, 1.807) is 24.8 Å². The first kappa shape index (κ1) is 13.8. The van der Waals surface area contributed by atoms with E-state index in [0.717, 1.165) is 16.2 Å². The Kier molecular flexibility index (Phi) is 3.96. The highest BCUT2D eigenvalue weighted by molar-refractivity contribution is 8.08. The number of amides is 1. The van der Waals surface area contributed by atoms with Gasteiger partial charge in [-0.15, -0.1) is 11.8 Å². The first-order chi connectivity index (χ1) is 10.2. The normalized spacial score (nSPS) is 14.7. The van der Waals surface area contributed by atoms with Crippen LogP contribution in [0.5, 0.6) is 0 Å². The molecule has 1 N–H and O–H groups in total. The molecule has 3 rings (SSSR count). The molecule has 0 aliphatic carbocycles. The van der Waals surface area contributed by atoms with Gasteiger partial charge in [-0.25, -0.2) is 0 Å². The van der Waals surface area contributed by atoms with Gasteiger partial charge in [-0.3, -0.25) is 4.79 Å². The molecule has 0 saturated heterocycles. The molecule has 0 saturated carbocycles. The van der Waals surface area contributed by atoms with E-state index in [4.69, 9.17) is 9.26 Å². The molecule has 1 aromatic heterocycles. The number of benzene rings is 1. The number of hydrogen-bond acceptors (Lipinski definition) is 5. The molecule has 1 aromatic carbocycles. The van der Waals surface area contributed by atoms with Crippen LogP contribution in [-0.4, -0.2) is 23.4 Å². The minimum Gasteiger partial charge on any atom is -0.486 e. The van der Waals surface area contributed by atoms with Gasteiger partial charge in [0.1, 0.15) is 5.76 Å². The number of aromatic nitrogens is 1. The summed E-state index contributed by atoms with van der Waals surface area (Å²) in [6.07, 6.45) is 0. The molecule has 0 radical (unpaired) electrons. The highest BCUT2D eigenvalue weighted by Crippen LogP contribution is 2.34. The van der Waals surface area contributed by atoms with Crippen LogP contribution in [0.25, 0.3) is 4.91 Å². The van der Waals surface area contributed by atoms with Crippen LogP contribution in [0.3, 0.4) is 0 Å². The molecule has 108 valence electrons. The largest absolute Gasteiger partial charge is 0.486 e. The van der Waals surface area contributed by atoms with Gasteiger partial charge in [0.25, 0.3) is 5.91 Å². The van der Waals surface area contributed by atoms with E-state index in [1.165, 1.54) is 0 Å². The van der Waals surface area contributed by atoms with E-state index in [-0.39, 0.29) is 5.91 Å². The molecule has 0 atom stereocenters. The first-order valence-corrected chi connectivity index (χ1v) is 7.52. The van der Waals surface area contributed by atoms with E-state index >= 15 is 0 Å². The minimum atomic E-state index is -0.311. The van der Waals surface area contributed by atoms with Crippen LogP contribution in [0.15, 0.2) is 46.7 Å². The number of carbonyl (C=O) groups is 1. The SMILES string of the molecule is Cc1cc(NC(=O)C2=C(c3ccccc3)SCCO2)no1. The van der Waals surface area contributed by atoms with Crippen molar-refractivity contribution in [2.24, 2.45) is 0 Å². The van der Waals surface area contributed by atoms with Crippen LogP contribution in [0.1, 0.15) is 11.3 Å². The van der Waals surface area contributed by atoms with E-state index in [0.29, 0.717) is 23.9 Å². The summed E-state index contributed by atoms with van der Waals surface area (Å²) in [5.41, 5.74) is 0.976. The quantitative estimate of drug-likeness (QED) is 0.944. The molecule has 2 aromatic rings. The summed E-state index contributed by atoms with van der Waals surface area (Å²) in [5, 5.41) is 6.45. The maximum Gasteiger partial charge on any atom is 0.293 e. The summed E-state index contributed by atoms with van der Waals surface area (Å²) >= 11 is 1.62. The highest BCUT2D eigenvalue weighted by Gasteiger charge is 2.23. The third-order valence-corrected chi connectivity index (χ3v) is 3.97. The lowest BCUT2D eigenvalue weighted by atomic mass is 10.2. The lowest BCUT2D eigenvalue weighted by Gasteiger charge is -2.20. The van der Waals surface area contributed by atoms with Gasteiger partial charge in [0.15, 0.2) is 11.6 Å². The van der Waals surface area contributed by atoms with Gasteiger partial charge in [-0.1, -0.05) is 35.5 Å². The number of anilines is 1. The van der Waals surface area contributed by atoms with E-state index < -0.39 is 0 Å². The van der Waals surface area contributed by atoms with Crippen LogP contribution in [0, 0.1) is 6.92 Å². The van der Waals surface area contributed by atoms with Crippen molar-refractivity contribution in [2.45, 2.75) is 6.92 Å². The van der Waals surface area contributed by atoms with Gasteiger partial charge >= 0.3 is 0 Å². The third-order valence-electron chi connectivity index (χ3n) is 2.89. The maximum absolute atomic E-state index is 12.4. The van der Waals surface area contributed by atoms with Crippen molar-refractivity contribution in [3.05, 3.63) is 53.5 Å². The minimum absolute atomic E-state index is 0.311. The number of nitrogens with one attached hydrogen (secondary N) is 1. The molecular formula is C15H14N2O3S. The third kappa shape index (κ3) is 3.11. The second-order valence-electron chi connectivity index (χ2n) is 4.50. The topological polar surface area (TPSA) is 64.4 Å². The lowest BCUT2D eigenvalue weighted by Crippen LogP contribution is -2.21. The molecule has 2 heterocycles. The zero-order chi connectivity index (χ0) is 14.7. The zero-order valence-electron chi connectivity index (χ0n) is 11.5. The Bertz CT molecular complexity index is 679. The van der Waals surface area contributed by atoms with E-state index in [2.05, 4.69) is 10.5 Å². The van der Waals surface area contributed by atoms with E-state index in [1.807, 2.05) is 30.3 Å². The number of nitrogens with zero attached hydrogens (tertiary/aromatic N) is 1. The Morgan fingerprint density at radius 3 is 2.86 bits per heavy atom. The number of thioether (sulfide) groups is 1. The fourth-order valence-corrected chi connectivity index (χ4v) is 2.95. The smallest absolute Gasteiger partial charge is 0.293 e. The molecule has 5 nitrogen and oxygen atoms in total. The fourth-order valence-electron chi connectivity index (χ4n) is 1.99. The van der Waals surface area contributed by atoms with Gasteiger partial charge < -0.3 is 14.6 Å². The van der Waals surface area contributed by atoms with Gasteiger partial charge in [-0.05, 0) is 12.5 Å². The van der Waals surface area contributed by atoms with Crippen molar-refractivity contribution in [1.29, 1.82) is 0 Å². The number of hydrogen-bond donors (Lipinski definition) is 1. The maximum atomic E-state index is 12.4. The van der Waals surface area contributed by atoms with Crippen molar-refractivity contribution in [2.75, 3.05) is 17.7 Å². The summed E-state index contributed by atoms with van der Waals surface area (Å²) in [5.74, 6) is 1.87. The zero-order valence-corrected chi connectivity index (χ0v) is 12.3. The second kappa shape index (κ2) is 6.05. The number of carbonyl (C=O) groups excluding carboxylic acids is 1. The van der Waals surface area contributed by atoms with Gasteiger partial charge in [-0.2, -0.15) is 0 Å². The Morgan fingerprint density at radius 2 is 2.14 bits per heavy atom. The molecular weight excluding hydrogens is 288 g/mol. The fraction of sp³-hybridized carbons (Fsp3) is 0.200. The second-order valence-corrected chi connectivity index (χ2v) is 5.60. The molecule has 0 bridgehead atoms. The molecule has 1 amide bonds. The molecule has 0 spiro atoms. The number of aryl methyl sites for hydroxylation is 1. The summed E-state index contributed by atoms with van der Waals surface area (Å²) in [6.45, 7) is 2.28. The van der Waals surface area contributed by atoms with Gasteiger partial charge in [0.2, 0.25) is 0 Å². The summed E-state index contributed by atoms with van der Waals surface area (Å²) in [6, 6.07) is 11.4. The van der Waals surface area contributed by atoms with Crippen LogP contribution in [-0.2, 0) is 9.53 Å². The summed E-state index contributed by atoms with van der Waals surface area (Å²) in [7, 11) is 0. The van der Waals surface area contributed by atoms with Crippen molar-refractivity contribution in [1.82, 2.24) is 5.16 Å². The molecule has 1 aliphatic rings. The lowest BCUT2D eigenvalue weighted by molar-refractivity contribution is -0.115. The average molecular weight is 302 g/mol. The van der Waals surface area contributed by atoms with Gasteiger partial charge in [0, 0.05) is 11.8 Å². The van der Waals surface area contributed by atoms with Crippen molar-refractivity contribution < 1.29 is 14.1 Å². The predicted molar refractivity (Wildman–Crippen MR) is 81.6 cm³/mol. The van der Waals surface area contributed by atoms with Gasteiger partial charge in [0.05, 0.1) is 11.5 Å². The predicted octanol–water partition coefficient (Wildman–Crippen LogP) is 3.05. The number of ether oxygens (including phenoxy) is 1. The van der Waals surface area contributed by atoms with Crippen LogP contribution in [0.2, 0.25) is 0 Å². The Morgan fingerprint density at radius 1 is 1.33 bits per heavy atom. The number of rotatable bonds is 3. The standard InChI is InChI=1S/C15H14N2O3S/c1-10-9-12(17-20-10)16-15(18)13-14(21-8-7-19-13)11-5-3-2-4-6-11/h2-6,9H,7-8H2,1H3,(H,16,17,18). The monoisotopic (exact) mass is 302 g/mol. The Labute approximate surface area is 126 Å². The molecule has 21 heavy (non-hydrogen) atoms. The molecule has 0 unspecified atom stereocenters. The van der Waals surface area contributed by atoms with Crippen molar-refractivity contribution >= 4 is 28.4 Å². The molecule has 1 aliphatic heterocycles.